The third-order valence-corrected chi connectivity index (χ3v) is 9.18. The highest BCUT2D eigenvalue weighted by atomic mass is 32.1. The second kappa shape index (κ2) is 16.2. The summed E-state index contributed by atoms with van der Waals surface area (Å²) < 4.78 is 5.75. The molecule has 1 fully saturated rings. The van der Waals surface area contributed by atoms with E-state index in [1.54, 1.807) is 11.8 Å². The molecule has 0 atom stereocenters. The van der Waals surface area contributed by atoms with Gasteiger partial charge < -0.3 is 24.5 Å². The molecule has 2 aromatic carbocycles. The first-order valence-corrected chi connectivity index (χ1v) is 16.0. The number of para-hydroxylation sites is 1. The Labute approximate surface area is 263 Å². The molecule has 1 aromatic heterocycles. The number of aryl methyl sites for hydroxylation is 1. The van der Waals surface area contributed by atoms with E-state index in [1.165, 1.54) is 11.3 Å². The number of rotatable bonds is 14. The summed E-state index contributed by atoms with van der Waals surface area (Å²) in [6.07, 6.45) is 4.10. The van der Waals surface area contributed by atoms with Crippen molar-refractivity contribution in [3.05, 3.63) is 65.2 Å². The molecule has 11 heteroatoms. The predicted octanol–water partition coefficient (Wildman–Crippen LogP) is 5.98. The molecule has 44 heavy (non-hydrogen) atoms. The highest BCUT2D eigenvalue weighted by Crippen LogP contribution is 2.28. The normalized spacial score (nSPS) is 13.8. The number of nitrogens with one attached hydrogen (secondary N) is 1. The number of aromatic carboxylic acids is 1. The molecule has 0 saturated carbocycles. The molecule has 0 bridgehead atoms. The van der Waals surface area contributed by atoms with Crippen LogP contribution in [-0.4, -0.2) is 90.8 Å². The second-order valence-electron chi connectivity index (χ2n) is 11.2. The minimum absolute atomic E-state index is 0.132. The number of anilines is 2. The van der Waals surface area contributed by atoms with Crippen LogP contribution in [0.25, 0.3) is 11.1 Å². The van der Waals surface area contributed by atoms with E-state index in [0.717, 1.165) is 75.1 Å². The Morgan fingerprint density at radius 2 is 1.70 bits per heavy atom. The Balaban J connectivity index is 1.08. The van der Waals surface area contributed by atoms with E-state index in [-0.39, 0.29) is 16.9 Å². The molecule has 2 heterocycles. The maximum absolute atomic E-state index is 12.7. The van der Waals surface area contributed by atoms with Crippen molar-refractivity contribution in [2.24, 2.45) is 0 Å². The number of carbonyl (C=O) groups excluding carboxylic acids is 2. The van der Waals surface area contributed by atoms with Crippen LogP contribution in [0.5, 0.6) is 0 Å². The Bertz CT molecular complexity index is 1390. The molecule has 0 radical (unpaired) electrons. The number of likely N-dealkylation sites (tertiary alicyclic amines) is 1. The first kappa shape index (κ1) is 32.9. The number of amides is 2. The smallest absolute Gasteiger partial charge is 0.411 e. The fourth-order valence-corrected chi connectivity index (χ4v) is 6.14. The molecule has 236 valence electrons. The van der Waals surface area contributed by atoms with Gasteiger partial charge in [-0.25, -0.2) is 14.6 Å². The zero-order chi connectivity index (χ0) is 31.5. The van der Waals surface area contributed by atoms with Crippen molar-refractivity contribution in [2.45, 2.75) is 51.6 Å². The van der Waals surface area contributed by atoms with Gasteiger partial charge >= 0.3 is 12.1 Å². The number of hydrogen-bond acceptors (Lipinski definition) is 8. The van der Waals surface area contributed by atoms with Gasteiger partial charge in [0, 0.05) is 58.8 Å². The summed E-state index contributed by atoms with van der Waals surface area (Å²) in [5.41, 5.74) is 3.25. The minimum Gasteiger partial charge on any atom is -0.477 e. The van der Waals surface area contributed by atoms with Crippen molar-refractivity contribution in [3.8, 4) is 11.1 Å². The molecule has 0 spiro atoms. The molecular weight excluding hydrogens is 578 g/mol. The van der Waals surface area contributed by atoms with E-state index < -0.39 is 12.1 Å². The number of carboxylic acid groups (broad SMARTS) is 1. The van der Waals surface area contributed by atoms with E-state index in [1.807, 2.05) is 73.6 Å². The van der Waals surface area contributed by atoms with E-state index in [9.17, 15) is 19.5 Å². The summed E-state index contributed by atoms with van der Waals surface area (Å²) in [6.45, 7) is 5.58. The molecule has 1 aliphatic rings. The molecule has 2 N–H and O–H groups in total. The largest absolute Gasteiger partial charge is 0.477 e. The number of thiazole rings is 1. The van der Waals surface area contributed by atoms with Crippen molar-refractivity contribution in [3.63, 3.8) is 0 Å². The standard InChI is InChI=1S/C33H43N5O5S/c1-24-30(31(40)41)44-32(34-24)37(3)19-11-5-8-16-29(39)36(2)22-23-38-20-17-26(18-21-38)43-33(42)35-28-15-10-9-14-27(28)25-12-6-4-7-13-25/h4,6-7,9-10,12-15,26H,5,8,11,16-23H2,1-3H3,(H,35,42)(H,40,41). The molecule has 10 nitrogen and oxygen atoms in total. The topological polar surface area (TPSA) is 115 Å². The summed E-state index contributed by atoms with van der Waals surface area (Å²) in [5, 5.41) is 12.9. The number of unbranched alkanes of at least 4 members (excludes halogenated alkanes) is 2. The number of carboxylic acids is 1. The van der Waals surface area contributed by atoms with Crippen LogP contribution in [0.4, 0.5) is 15.6 Å². The zero-order valence-electron chi connectivity index (χ0n) is 25.8. The first-order chi connectivity index (χ1) is 21.2. The highest BCUT2D eigenvalue weighted by molar-refractivity contribution is 7.17. The van der Waals surface area contributed by atoms with Crippen LogP contribution in [0.3, 0.4) is 0 Å². The number of likely N-dealkylation sites (N-methyl/N-ethyl adjacent to an activating group) is 1. The second-order valence-corrected chi connectivity index (χ2v) is 12.2. The summed E-state index contributed by atoms with van der Waals surface area (Å²) in [5.74, 6) is -0.798. The fourth-order valence-electron chi connectivity index (χ4n) is 5.25. The Morgan fingerprint density at radius 1 is 1.00 bits per heavy atom. The van der Waals surface area contributed by atoms with Gasteiger partial charge in [-0.1, -0.05) is 66.3 Å². The molecule has 0 aliphatic carbocycles. The fraction of sp³-hybridized carbons (Fsp3) is 0.455. The third kappa shape index (κ3) is 9.52. The molecular formula is C33H43N5O5S. The number of aromatic nitrogens is 1. The van der Waals surface area contributed by atoms with Gasteiger partial charge in [-0.2, -0.15) is 0 Å². The van der Waals surface area contributed by atoms with Crippen LogP contribution in [0, 0.1) is 6.92 Å². The molecule has 4 rings (SSSR count). The maximum atomic E-state index is 12.7. The van der Waals surface area contributed by atoms with Crippen LogP contribution < -0.4 is 10.2 Å². The lowest BCUT2D eigenvalue weighted by Gasteiger charge is -2.32. The highest BCUT2D eigenvalue weighted by Gasteiger charge is 2.23. The SMILES string of the molecule is Cc1nc(N(C)CCCCCC(=O)N(C)CCN2CCC(OC(=O)Nc3ccccc3-c3ccccc3)CC2)sc1C(=O)O. The van der Waals surface area contributed by atoms with Gasteiger partial charge in [-0.15, -0.1) is 0 Å². The van der Waals surface area contributed by atoms with Crippen LogP contribution in [0.2, 0.25) is 0 Å². The molecule has 3 aromatic rings. The summed E-state index contributed by atoms with van der Waals surface area (Å²) in [4.78, 5) is 47.3. The lowest BCUT2D eigenvalue weighted by atomic mass is 10.0. The van der Waals surface area contributed by atoms with Gasteiger partial charge in [0.05, 0.1) is 11.4 Å². The molecule has 1 aliphatic heterocycles. The van der Waals surface area contributed by atoms with Gasteiger partial charge in [0.15, 0.2) is 5.13 Å². The first-order valence-electron chi connectivity index (χ1n) is 15.2. The Morgan fingerprint density at radius 3 is 2.41 bits per heavy atom. The number of piperidine rings is 1. The van der Waals surface area contributed by atoms with Gasteiger partial charge in [-0.3, -0.25) is 10.1 Å². The van der Waals surface area contributed by atoms with E-state index in [0.29, 0.717) is 23.8 Å². The van der Waals surface area contributed by atoms with Crippen molar-refractivity contribution in [2.75, 3.05) is 57.0 Å². The molecule has 0 unspecified atom stereocenters. The summed E-state index contributed by atoms with van der Waals surface area (Å²) >= 11 is 1.19. The number of nitrogens with zero attached hydrogens (tertiary/aromatic N) is 4. The van der Waals surface area contributed by atoms with Gasteiger partial charge in [0.1, 0.15) is 11.0 Å². The molecule has 1 saturated heterocycles. The van der Waals surface area contributed by atoms with Crippen molar-refractivity contribution >= 4 is 40.1 Å². The average molecular weight is 622 g/mol. The number of hydrogen-bond donors (Lipinski definition) is 2. The summed E-state index contributed by atoms with van der Waals surface area (Å²) in [6, 6.07) is 17.7. The number of ether oxygens (including phenoxy) is 1. The van der Waals surface area contributed by atoms with Crippen molar-refractivity contribution in [1.82, 2.24) is 14.8 Å². The maximum Gasteiger partial charge on any atom is 0.411 e. The van der Waals surface area contributed by atoms with Crippen LogP contribution in [0.1, 0.15) is 53.9 Å². The predicted molar refractivity (Wildman–Crippen MR) is 175 cm³/mol. The number of carbonyl (C=O) groups is 3. The van der Waals surface area contributed by atoms with Crippen molar-refractivity contribution in [1.29, 1.82) is 0 Å². The summed E-state index contributed by atoms with van der Waals surface area (Å²) in [7, 11) is 3.77. The van der Waals surface area contributed by atoms with Gasteiger partial charge in [-0.05, 0) is 44.2 Å². The van der Waals surface area contributed by atoms with E-state index in [2.05, 4.69) is 15.2 Å². The van der Waals surface area contributed by atoms with E-state index >= 15 is 0 Å². The lowest BCUT2D eigenvalue weighted by Crippen LogP contribution is -2.42. The Kier molecular flexibility index (Phi) is 12.1. The monoisotopic (exact) mass is 621 g/mol. The van der Waals surface area contributed by atoms with Crippen molar-refractivity contribution < 1.29 is 24.2 Å². The zero-order valence-corrected chi connectivity index (χ0v) is 26.6. The van der Waals surface area contributed by atoms with Gasteiger partial charge in [0.25, 0.3) is 0 Å². The Hall–Kier alpha value is -3.96. The lowest BCUT2D eigenvalue weighted by molar-refractivity contribution is -0.130. The molecule has 2 amide bonds. The number of benzene rings is 2. The van der Waals surface area contributed by atoms with Crippen LogP contribution >= 0.6 is 11.3 Å². The quantitative estimate of drug-likeness (QED) is 0.211. The van der Waals surface area contributed by atoms with Crippen LogP contribution in [0.15, 0.2) is 54.6 Å². The third-order valence-electron chi connectivity index (χ3n) is 7.92. The van der Waals surface area contributed by atoms with Crippen LogP contribution in [-0.2, 0) is 9.53 Å². The van der Waals surface area contributed by atoms with Gasteiger partial charge in [0.2, 0.25) is 5.91 Å². The average Bonchev–Trinajstić information content (AvgIpc) is 3.43. The van der Waals surface area contributed by atoms with E-state index in [4.69, 9.17) is 4.74 Å². The minimum atomic E-state index is -0.942.